The standard InChI is InChI=1S/C10H15BrClNS/c1-6(2)4-8(13-3)9-5-7(11)10(12)14-9/h5-6,8,13H,4H2,1-3H3. The van der Waals surface area contributed by atoms with Crippen LogP contribution in [0.3, 0.4) is 0 Å². The fraction of sp³-hybridized carbons (Fsp3) is 0.600. The molecule has 1 heterocycles. The number of halogens is 2. The molecule has 0 aromatic carbocycles. The summed E-state index contributed by atoms with van der Waals surface area (Å²) in [6.07, 6.45) is 1.14. The minimum absolute atomic E-state index is 0.420. The summed E-state index contributed by atoms with van der Waals surface area (Å²) in [5.74, 6) is 0.687. The van der Waals surface area contributed by atoms with Gasteiger partial charge in [0.15, 0.2) is 0 Å². The minimum Gasteiger partial charge on any atom is -0.312 e. The SMILES string of the molecule is CNC(CC(C)C)c1cc(Br)c(Cl)s1. The van der Waals surface area contributed by atoms with Gasteiger partial charge in [0.2, 0.25) is 0 Å². The van der Waals surface area contributed by atoms with Crippen molar-refractivity contribution >= 4 is 38.9 Å². The van der Waals surface area contributed by atoms with Gasteiger partial charge in [-0.3, -0.25) is 0 Å². The van der Waals surface area contributed by atoms with E-state index in [1.165, 1.54) is 4.88 Å². The van der Waals surface area contributed by atoms with Gasteiger partial charge >= 0.3 is 0 Å². The van der Waals surface area contributed by atoms with Crippen LogP contribution in [0.15, 0.2) is 10.5 Å². The quantitative estimate of drug-likeness (QED) is 0.864. The van der Waals surface area contributed by atoms with E-state index >= 15 is 0 Å². The van der Waals surface area contributed by atoms with Gasteiger partial charge in [0.05, 0.1) is 0 Å². The summed E-state index contributed by atoms with van der Waals surface area (Å²) >= 11 is 11.1. The van der Waals surface area contributed by atoms with Gasteiger partial charge in [0, 0.05) is 15.4 Å². The van der Waals surface area contributed by atoms with Crippen molar-refractivity contribution in [3.8, 4) is 0 Å². The number of hydrogen-bond acceptors (Lipinski definition) is 2. The number of hydrogen-bond donors (Lipinski definition) is 1. The second-order valence-corrected chi connectivity index (χ2v) is 6.28. The van der Waals surface area contributed by atoms with Crippen molar-refractivity contribution in [1.82, 2.24) is 5.32 Å². The lowest BCUT2D eigenvalue weighted by molar-refractivity contribution is 0.462. The summed E-state index contributed by atoms with van der Waals surface area (Å²) in [6, 6.07) is 2.53. The number of nitrogens with one attached hydrogen (secondary N) is 1. The van der Waals surface area contributed by atoms with E-state index in [-0.39, 0.29) is 0 Å². The van der Waals surface area contributed by atoms with Gasteiger partial charge < -0.3 is 5.32 Å². The van der Waals surface area contributed by atoms with Crippen LogP contribution >= 0.6 is 38.9 Å². The molecule has 1 aromatic heterocycles. The maximum Gasteiger partial charge on any atom is 0.107 e. The Hall–Kier alpha value is 0.430. The molecule has 1 N–H and O–H groups in total. The molecule has 1 atom stereocenters. The fourth-order valence-electron chi connectivity index (χ4n) is 1.38. The van der Waals surface area contributed by atoms with Gasteiger partial charge in [-0.2, -0.15) is 0 Å². The maximum atomic E-state index is 6.01. The molecule has 0 fully saturated rings. The van der Waals surface area contributed by atoms with Crippen LogP contribution in [0.2, 0.25) is 4.34 Å². The van der Waals surface area contributed by atoms with Crippen LogP contribution in [-0.2, 0) is 0 Å². The van der Waals surface area contributed by atoms with Crippen molar-refractivity contribution in [2.24, 2.45) is 5.92 Å². The van der Waals surface area contributed by atoms with Crippen LogP contribution in [0, 0.1) is 5.92 Å². The Bertz CT molecular complexity index is 279. The highest BCUT2D eigenvalue weighted by Gasteiger charge is 2.15. The zero-order valence-electron chi connectivity index (χ0n) is 8.60. The van der Waals surface area contributed by atoms with Crippen LogP contribution in [0.25, 0.3) is 0 Å². The van der Waals surface area contributed by atoms with Crippen molar-refractivity contribution in [3.63, 3.8) is 0 Å². The lowest BCUT2D eigenvalue weighted by atomic mass is 10.0. The van der Waals surface area contributed by atoms with Crippen molar-refractivity contribution in [2.45, 2.75) is 26.3 Å². The molecule has 0 radical (unpaired) electrons. The normalized spacial score (nSPS) is 13.6. The van der Waals surface area contributed by atoms with Gasteiger partial charge in [-0.15, -0.1) is 11.3 Å². The van der Waals surface area contributed by atoms with E-state index in [4.69, 9.17) is 11.6 Å². The molecule has 1 unspecified atom stereocenters. The molecular weight excluding hydrogens is 282 g/mol. The van der Waals surface area contributed by atoms with Crippen LogP contribution in [-0.4, -0.2) is 7.05 Å². The predicted molar refractivity (Wildman–Crippen MR) is 68.3 cm³/mol. The van der Waals surface area contributed by atoms with E-state index < -0.39 is 0 Å². The number of thiophene rings is 1. The van der Waals surface area contributed by atoms with Crippen LogP contribution < -0.4 is 5.32 Å². The van der Waals surface area contributed by atoms with Crippen molar-refractivity contribution in [2.75, 3.05) is 7.05 Å². The Morgan fingerprint density at radius 2 is 2.21 bits per heavy atom. The highest BCUT2D eigenvalue weighted by Crippen LogP contribution is 2.36. The van der Waals surface area contributed by atoms with E-state index in [2.05, 4.69) is 41.2 Å². The van der Waals surface area contributed by atoms with Crippen molar-refractivity contribution in [1.29, 1.82) is 0 Å². The molecule has 4 heteroatoms. The fourth-order valence-corrected chi connectivity index (χ4v) is 3.24. The van der Waals surface area contributed by atoms with Crippen LogP contribution in [0.1, 0.15) is 31.2 Å². The molecule has 0 bridgehead atoms. The smallest absolute Gasteiger partial charge is 0.107 e. The van der Waals surface area contributed by atoms with Gasteiger partial charge in [-0.05, 0) is 41.4 Å². The Morgan fingerprint density at radius 3 is 2.57 bits per heavy atom. The van der Waals surface area contributed by atoms with E-state index in [0.29, 0.717) is 12.0 Å². The zero-order valence-corrected chi connectivity index (χ0v) is 11.8. The Kier molecular flexibility index (Phi) is 4.91. The zero-order chi connectivity index (χ0) is 10.7. The predicted octanol–water partition coefficient (Wildman–Crippen LogP) is 4.47. The first-order valence-corrected chi connectivity index (χ1v) is 6.65. The van der Waals surface area contributed by atoms with Crippen LogP contribution in [0.4, 0.5) is 0 Å². The minimum atomic E-state index is 0.420. The second-order valence-electron chi connectivity index (χ2n) is 3.74. The first-order chi connectivity index (χ1) is 6.54. The highest BCUT2D eigenvalue weighted by molar-refractivity contribution is 9.10. The second kappa shape index (κ2) is 5.50. The van der Waals surface area contributed by atoms with E-state index in [1.54, 1.807) is 11.3 Å². The van der Waals surface area contributed by atoms with Gasteiger partial charge in [0.25, 0.3) is 0 Å². The van der Waals surface area contributed by atoms with E-state index in [1.807, 2.05) is 7.05 Å². The summed E-state index contributed by atoms with van der Waals surface area (Å²) in [7, 11) is 1.99. The van der Waals surface area contributed by atoms with Crippen molar-refractivity contribution < 1.29 is 0 Å². The molecule has 0 aliphatic carbocycles. The molecule has 0 saturated carbocycles. The first-order valence-electron chi connectivity index (χ1n) is 4.66. The summed E-state index contributed by atoms with van der Waals surface area (Å²) in [5, 5.41) is 3.32. The lowest BCUT2D eigenvalue weighted by Crippen LogP contribution is -2.17. The molecule has 80 valence electrons. The molecule has 0 spiro atoms. The van der Waals surface area contributed by atoms with Crippen LogP contribution in [0.5, 0.6) is 0 Å². The molecule has 14 heavy (non-hydrogen) atoms. The lowest BCUT2D eigenvalue weighted by Gasteiger charge is -2.16. The summed E-state index contributed by atoms with van der Waals surface area (Å²) in [6.45, 7) is 4.46. The molecular formula is C10H15BrClNS. The third-order valence-electron chi connectivity index (χ3n) is 2.06. The molecule has 1 aromatic rings. The maximum absolute atomic E-state index is 6.01. The first kappa shape index (κ1) is 12.5. The third-order valence-corrected chi connectivity index (χ3v) is 4.65. The Balaban J connectivity index is 2.78. The summed E-state index contributed by atoms with van der Waals surface area (Å²) in [5.41, 5.74) is 0. The largest absolute Gasteiger partial charge is 0.312 e. The average Bonchev–Trinajstić information content (AvgIpc) is 2.42. The molecule has 0 aliphatic rings. The van der Waals surface area contributed by atoms with Crippen molar-refractivity contribution in [3.05, 3.63) is 19.8 Å². The van der Waals surface area contributed by atoms with E-state index in [0.717, 1.165) is 15.2 Å². The molecule has 0 aliphatic heterocycles. The summed E-state index contributed by atoms with van der Waals surface area (Å²) < 4.78 is 1.84. The molecule has 0 saturated heterocycles. The third kappa shape index (κ3) is 3.23. The van der Waals surface area contributed by atoms with E-state index in [9.17, 15) is 0 Å². The Morgan fingerprint density at radius 1 is 1.57 bits per heavy atom. The highest BCUT2D eigenvalue weighted by atomic mass is 79.9. The topological polar surface area (TPSA) is 12.0 Å². The Labute approximate surface area is 103 Å². The summed E-state index contributed by atoms with van der Waals surface area (Å²) in [4.78, 5) is 1.30. The molecule has 1 nitrogen and oxygen atoms in total. The van der Waals surface area contributed by atoms with Gasteiger partial charge in [-0.1, -0.05) is 25.4 Å². The molecule has 0 amide bonds. The average molecular weight is 297 g/mol. The molecule has 1 rings (SSSR count). The van der Waals surface area contributed by atoms with Gasteiger partial charge in [0.1, 0.15) is 4.34 Å². The monoisotopic (exact) mass is 295 g/mol. The van der Waals surface area contributed by atoms with Gasteiger partial charge in [-0.25, -0.2) is 0 Å². The number of rotatable bonds is 4.